The molecule has 3 aromatic rings. The highest BCUT2D eigenvalue weighted by molar-refractivity contribution is 6.43. The molecule has 0 bridgehead atoms. The summed E-state index contributed by atoms with van der Waals surface area (Å²) in [5, 5.41) is 7.26. The molecule has 0 atom stereocenters. The molecule has 1 aliphatic rings. The van der Waals surface area contributed by atoms with Crippen LogP contribution in [0.15, 0.2) is 48.5 Å². The lowest BCUT2D eigenvalue weighted by molar-refractivity contribution is -0.117. The van der Waals surface area contributed by atoms with Crippen LogP contribution in [0, 0.1) is 13.8 Å². The molecular formula is C24H25N3O4. The Morgan fingerprint density at radius 1 is 1.06 bits per heavy atom. The van der Waals surface area contributed by atoms with E-state index in [0.29, 0.717) is 35.0 Å². The maximum atomic E-state index is 12.9. The molecule has 0 saturated heterocycles. The van der Waals surface area contributed by atoms with Crippen molar-refractivity contribution in [3.63, 3.8) is 0 Å². The van der Waals surface area contributed by atoms with Crippen molar-refractivity contribution in [2.75, 3.05) is 13.3 Å². The average Bonchev–Trinajstić information content (AvgIpc) is 3.35. The highest BCUT2D eigenvalue weighted by atomic mass is 16.7. The van der Waals surface area contributed by atoms with Gasteiger partial charge in [-0.15, -0.1) is 0 Å². The quantitative estimate of drug-likeness (QED) is 0.489. The van der Waals surface area contributed by atoms with Crippen LogP contribution in [-0.2, 0) is 10.2 Å². The Hall–Kier alpha value is -3.61. The van der Waals surface area contributed by atoms with Gasteiger partial charge in [0.1, 0.15) is 0 Å². The molecule has 7 heteroatoms. The first-order chi connectivity index (χ1) is 14.8. The molecule has 0 spiro atoms. The number of carbonyl (C=O) groups excluding carboxylic acids is 2. The van der Waals surface area contributed by atoms with Crippen molar-refractivity contribution in [1.29, 1.82) is 0 Å². The van der Waals surface area contributed by atoms with Gasteiger partial charge < -0.3 is 14.8 Å². The smallest absolute Gasteiger partial charge is 0.292 e. The zero-order chi connectivity index (χ0) is 22.2. The Balaban J connectivity index is 1.49. The van der Waals surface area contributed by atoms with E-state index in [-0.39, 0.29) is 6.79 Å². The van der Waals surface area contributed by atoms with E-state index in [9.17, 15) is 9.59 Å². The standard InChI is InChI=1S/C24H25N3O4/c1-15-21(16(2)27(26-15)18-8-6-5-7-9-18)22(28)23(29)25-13-24(3,4)17-10-11-19-20(12-17)31-14-30-19/h5-12H,13-14H2,1-4H3,(H,25,29). The summed E-state index contributed by atoms with van der Waals surface area (Å²) in [6.45, 7) is 8.04. The molecule has 0 fully saturated rings. The number of hydrogen-bond donors (Lipinski definition) is 1. The highest BCUT2D eigenvalue weighted by Gasteiger charge is 2.28. The number of para-hydroxylation sites is 1. The zero-order valence-electron chi connectivity index (χ0n) is 18.1. The molecular weight excluding hydrogens is 394 g/mol. The molecule has 0 saturated carbocycles. The van der Waals surface area contributed by atoms with Crippen LogP contribution in [0.2, 0.25) is 0 Å². The summed E-state index contributed by atoms with van der Waals surface area (Å²) in [5.74, 6) is 0.166. The summed E-state index contributed by atoms with van der Waals surface area (Å²) in [5.41, 5.74) is 2.91. The van der Waals surface area contributed by atoms with Crippen molar-refractivity contribution < 1.29 is 19.1 Å². The average molecular weight is 419 g/mol. The summed E-state index contributed by atoms with van der Waals surface area (Å²) in [4.78, 5) is 25.7. The molecule has 0 radical (unpaired) electrons. The van der Waals surface area contributed by atoms with Crippen LogP contribution in [0.3, 0.4) is 0 Å². The Bertz CT molecular complexity index is 1150. The molecule has 160 valence electrons. The molecule has 0 aliphatic carbocycles. The first-order valence-corrected chi connectivity index (χ1v) is 10.1. The summed E-state index contributed by atoms with van der Waals surface area (Å²) >= 11 is 0. The molecule has 1 aromatic heterocycles. The third kappa shape index (κ3) is 3.91. The van der Waals surface area contributed by atoms with Crippen LogP contribution in [0.5, 0.6) is 11.5 Å². The number of nitrogens with one attached hydrogen (secondary N) is 1. The van der Waals surface area contributed by atoms with Crippen molar-refractivity contribution in [3.8, 4) is 17.2 Å². The summed E-state index contributed by atoms with van der Waals surface area (Å²) in [6.07, 6.45) is 0. The van der Waals surface area contributed by atoms with Crippen LogP contribution < -0.4 is 14.8 Å². The SMILES string of the molecule is Cc1nn(-c2ccccc2)c(C)c1C(=O)C(=O)NCC(C)(C)c1ccc2c(c1)OCO2. The van der Waals surface area contributed by atoms with Crippen LogP contribution in [0.1, 0.15) is 41.2 Å². The third-order valence-electron chi connectivity index (χ3n) is 5.57. The van der Waals surface area contributed by atoms with Gasteiger partial charge in [-0.1, -0.05) is 38.1 Å². The molecule has 0 unspecified atom stereocenters. The second-order valence-electron chi connectivity index (χ2n) is 8.26. The number of Topliss-reactive ketones (excluding diaryl/α,β-unsaturated/α-hetero) is 1. The van der Waals surface area contributed by atoms with Crippen LogP contribution in [0.25, 0.3) is 5.69 Å². The molecule has 4 rings (SSSR count). The van der Waals surface area contributed by atoms with E-state index in [2.05, 4.69) is 10.4 Å². The molecule has 2 aromatic carbocycles. The maximum Gasteiger partial charge on any atom is 0.292 e. The Labute approximate surface area is 181 Å². The number of rotatable bonds is 6. The summed E-state index contributed by atoms with van der Waals surface area (Å²) < 4.78 is 12.5. The van der Waals surface area contributed by atoms with Crippen molar-refractivity contribution in [1.82, 2.24) is 15.1 Å². The molecule has 31 heavy (non-hydrogen) atoms. The van der Waals surface area contributed by atoms with E-state index in [0.717, 1.165) is 11.3 Å². The number of fused-ring (bicyclic) bond motifs is 1. The number of aryl methyl sites for hydroxylation is 1. The lowest BCUT2D eigenvalue weighted by Gasteiger charge is -2.25. The molecule has 1 N–H and O–H groups in total. The Kier molecular flexibility index (Phi) is 5.27. The Morgan fingerprint density at radius 3 is 2.52 bits per heavy atom. The first kappa shape index (κ1) is 20.7. The summed E-state index contributed by atoms with van der Waals surface area (Å²) in [6, 6.07) is 15.2. The predicted molar refractivity (Wildman–Crippen MR) is 116 cm³/mol. The van der Waals surface area contributed by atoms with Crippen LogP contribution in [0.4, 0.5) is 0 Å². The number of ether oxygens (including phenoxy) is 2. The zero-order valence-corrected chi connectivity index (χ0v) is 18.1. The normalized spacial score (nSPS) is 12.6. The van der Waals surface area contributed by atoms with Crippen molar-refractivity contribution in [3.05, 3.63) is 71.0 Å². The number of carbonyl (C=O) groups is 2. The second-order valence-corrected chi connectivity index (χ2v) is 8.26. The predicted octanol–water partition coefficient (Wildman–Crippen LogP) is 3.49. The lowest BCUT2D eigenvalue weighted by Crippen LogP contribution is -2.40. The number of amides is 1. The Morgan fingerprint density at radius 2 is 1.77 bits per heavy atom. The largest absolute Gasteiger partial charge is 0.454 e. The monoisotopic (exact) mass is 419 g/mol. The fourth-order valence-electron chi connectivity index (χ4n) is 3.71. The van der Waals surface area contributed by atoms with Gasteiger partial charge in [0.25, 0.3) is 11.7 Å². The first-order valence-electron chi connectivity index (χ1n) is 10.1. The molecule has 1 amide bonds. The fraction of sp³-hybridized carbons (Fsp3) is 0.292. The number of benzene rings is 2. The van der Waals surface area contributed by atoms with Gasteiger partial charge in [0.2, 0.25) is 6.79 Å². The topological polar surface area (TPSA) is 82.5 Å². The van der Waals surface area contributed by atoms with Crippen molar-refractivity contribution in [2.24, 2.45) is 0 Å². The van der Waals surface area contributed by atoms with Gasteiger partial charge in [0.15, 0.2) is 11.5 Å². The molecule has 1 aliphatic heterocycles. The minimum atomic E-state index is -0.646. The van der Waals surface area contributed by atoms with Gasteiger partial charge >= 0.3 is 0 Å². The highest BCUT2D eigenvalue weighted by Crippen LogP contribution is 2.36. The maximum absolute atomic E-state index is 12.9. The second kappa shape index (κ2) is 7.91. The van der Waals surface area contributed by atoms with Gasteiger partial charge in [0, 0.05) is 12.0 Å². The van der Waals surface area contributed by atoms with E-state index in [1.165, 1.54) is 0 Å². The lowest BCUT2D eigenvalue weighted by atomic mass is 9.84. The number of ketones is 1. The van der Waals surface area contributed by atoms with E-state index in [1.54, 1.807) is 18.5 Å². The van der Waals surface area contributed by atoms with E-state index in [1.807, 2.05) is 62.4 Å². The van der Waals surface area contributed by atoms with Crippen molar-refractivity contribution >= 4 is 11.7 Å². The minimum absolute atomic E-state index is 0.208. The van der Waals surface area contributed by atoms with E-state index < -0.39 is 17.1 Å². The van der Waals surface area contributed by atoms with Gasteiger partial charge in [0.05, 0.1) is 22.6 Å². The van der Waals surface area contributed by atoms with Crippen molar-refractivity contribution in [2.45, 2.75) is 33.1 Å². The van der Waals surface area contributed by atoms with Gasteiger partial charge in [-0.3, -0.25) is 9.59 Å². The minimum Gasteiger partial charge on any atom is -0.454 e. The van der Waals surface area contributed by atoms with Gasteiger partial charge in [-0.05, 0) is 43.7 Å². The van der Waals surface area contributed by atoms with E-state index in [4.69, 9.17) is 9.47 Å². The molecule has 7 nitrogen and oxygen atoms in total. The number of hydrogen-bond acceptors (Lipinski definition) is 5. The third-order valence-corrected chi connectivity index (χ3v) is 5.57. The number of nitrogens with zero attached hydrogens (tertiary/aromatic N) is 2. The van der Waals surface area contributed by atoms with Crippen LogP contribution in [-0.4, -0.2) is 34.8 Å². The van der Waals surface area contributed by atoms with Gasteiger partial charge in [-0.2, -0.15) is 5.10 Å². The number of aromatic nitrogens is 2. The summed E-state index contributed by atoms with van der Waals surface area (Å²) in [7, 11) is 0. The van der Waals surface area contributed by atoms with Gasteiger partial charge in [-0.25, -0.2) is 4.68 Å². The van der Waals surface area contributed by atoms with Crippen LogP contribution >= 0.6 is 0 Å². The molecule has 2 heterocycles. The fourth-order valence-corrected chi connectivity index (χ4v) is 3.71. The van der Waals surface area contributed by atoms with E-state index >= 15 is 0 Å².